The number of hydrogen-bond acceptors (Lipinski definition) is 4. The first-order valence-electron chi connectivity index (χ1n) is 13.1. The highest BCUT2D eigenvalue weighted by atomic mass is 16.5. The number of nitrogens with zero attached hydrogens (tertiary/aromatic N) is 2. The van der Waals surface area contributed by atoms with Gasteiger partial charge in [0.1, 0.15) is 5.75 Å². The smallest absolute Gasteiger partial charge is 0.159 e. The minimum Gasteiger partial charge on any atom is -0.494 e. The van der Waals surface area contributed by atoms with Crippen LogP contribution in [0.1, 0.15) is 96.8 Å². The van der Waals surface area contributed by atoms with Crippen LogP contribution in [0, 0.1) is 0 Å². The summed E-state index contributed by atoms with van der Waals surface area (Å²) in [5.41, 5.74) is 0.987. The molecule has 0 fully saturated rings. The van der Waals surface area contributed by atoms with E-state index < -0.39 is 0 Å². The van der Waals surface area contributed by atoms with Crippen molar-refractivity contribution in [3.05, 3.63) is 49.3 Å². The molecule has 0 N–H and O–H groups in total. The van der Waals surface area contributed by atoms with Gasteiger partial charge in [0, 0.05) is 5.56 Å². The van der Waals surface area contributed by atoms with E-state index >= 15 is 0 Å². The third-order valence-electron chi connectivity index (χ3n) is 5.83. The van der Waals surface area contributed by atoms with Gasteiger partial charge in [-0.05, 0) is 49.9 Å². The highest BCUT2D eigenvalue weighted by Gasteiger charge is 2.03. The number of hydrogen-bond donors (Lipinski definition) is 0. The van der Waals surface area contributed by atoms with E-state index in [-0.39, 0.29) is 0 Å². The highest BCUT2D eigenvalue weighted by Crippen LogP contribution is 2.21. The molecule has 4 heteroatoms. The molecule has 33 heavy (non-hydrogen) atoms. The maximum absolute atomic E-state index is 5.89. The summed E-state index contributed by atoms with van der Waals surface area (Å²) in [5.74, 6) is 2.35. The van der Waals surface area contributed by atoms with E-state index in [1.165, 1.54) is 70.6 Å². The first-order valence-corrected chi connectivity index (χ1v) is 13.1. The molecule has 2 aromatic rings. The second-order valence-corrected chi connectivity index (χ2v) is 8.78. The Balaban J connectivity index is 1.58. The van der Waals surface area contributed by atoms with Crippen LogP contribution in [0.2, 0.25) is 0 Å². The van der Waals surface area contributed by atoms with Crippen LogP contribution in [0.15, 0.2) is 49.3 Å². The van der Waals surface area contributed by atoms with Crippen molar-refractivity contribution in [3.8, 4) is 22.9 Å². The van der Waals surface area contributed by atoms with Gasteiger partial charge in [-0.3, -0.25) is 0 Å². The van der Waals surface area contributed by atoms with Crippen LogP contribution in [-0.4, -0.2) is 23.2 Å². The maximum Gasteiger partial charge on any atom is 0.159 e. The summed E-state index contributed by atoms with van der Waals surface area (Å²) >= 11 is 0. The number of benzene rings is 1. The molecule has 0 atom stereocenters. The molecule has 0 saturated heterocycles. The zero-order valence-electron chi connectivity index (χ0n) is 20.8. The lowest BCUT2D eigenvalue weighted by molar-refractivity contribution is 0.302. The summed E-state index contributed by atoms with van der Waals surface area (Å²) in [6, 6.07) is 8.04. The van der Waals surface area contributed by atoms with E-state index in [4.69, 9.17) is 9.47 Å². The second kappa shape index (κ2) is 18.1. The molecular weight excluding hydrogens is 408 g/mol. The van der Waals surface area contributed by atoms with Crippen molar-refractivity contribution in [1.29, 1.82) is 0 Å². The third-order valence-corrected chi connectivity index (χ3v) is 5.83. The fraction of sp³-hybridized carbons (Fsp3) is 0.586. The SMILES string of the molecule is C=CCCCCCCCCCOc1ccc(-c2ncc(OCCCCCCCC)cn2)cc1. The van der Waals surface area contributed by atoms with E-state index in [0.29, 0.717) is 5.82 Å². The van der Waals surface area contributed by atoms with E-state index in [1.54, 1.807) is 12.4 Å². The summed E-state index contributed by atoms with van der Waals surface area (Å²) in [6.07, 6.45) is 23.2. The van der Waals surface area contributed by atoms with Crippen molar-refractivity contribution in [2.24, 2.45) is 0 Å². The third kappa shape index (κ3) is 12.5. The number of rotatable bonds is 20. The number of aromatic nitrogens is 2. The predicted octanol–water partition coefficient (Wildman–Crippen LogP) is 8.57. The number of allylic oxidation sites excluding steroid dienone is 1. The molecule has 0 radical (unpaired) electrons. The molecule has 0 aliphatic carbocycles. The van der Waals surface area contributed by atoms with E-state index in [1.807, 2.05) is 30.3 Å². The lowest BCUT2D eigenvalue weighted by atomic mass is 10.1. The summed E-state index contributed by atoms with van der Waals surface area (Å²) < 4.78 is 11.7. The second-order valence-electron chi connectivity index (χ2n) is 8.78. The quantitative estimate of drug-likeness (QED) is 0.149. The molecule has 0 unspecified atom stereocenters. The Kier molecular flexibility index (Phi) is 14.8. The standard InChI is InChI=1S/C29H44N2O2/c1-3-5-7-9-11-12-13-15-16-22-32-27-20-18-26(19-21-27)29-30-24-28(25-31-29)33-23-17-14-10-8-6-4-2/h3,18-21,24-25H,1,4-17,22-23H2,2H3. The fourth-order valence-corrected chi connectivity index (χ4v) is 3.78. The van der Waals surface area contributed by atoms with Crippen molar-refractivity contribution >= 4 is 0 Å². The maximum atomic E-state index is 5.89. The van der Waals surface area contributed by atoms with Crippen LogP contribution >= 0.6 is 0 Å². The Morgan fingerprint density at radius 1 is 0.667 bits per heavy atom. The Labute approximate surface area is 201 Å². The van der Waals surface area contributed by atoms with Crippen LogP contribution < -0.4 is 9.47 Å². The molecule has 1 heterocycles. The summed E-state index contributed by atoms with van der Waals surface area (Å²) in [5, 5.41) is 0. The van der Waals surface area contributed by atoms with Gasteiger partial charge in [-0.25, -0.2) is 9.97 Å². The molecule has 0 spiro atoms. The molecule has 1 aromatic carbocycles. The van der Waals surface area contributed by atoms with E-state index in [2.05, 4.69) is 23.5 Å². The molecule has 0 aliphatic rings. The first kappa shape index (κ1) is 26.9. The molecule has 1 aromatic heterocycles. The Bertz CT molecular complexity index is 728. The minimum atomic E-state index is 0.710. The van der Waals surface area contributed by atoms with Gasteiger partial charge in [0.2, 0.25) is 0 Å². The molecule has 0 bridgehead atoms. The molecule has 0 saturated carbocycles. The van der Waals surface area contributed by atoms with Crippen LogP contribution in [0.5, 0.6) is 11.5 Å². The van der Waals surface area contributed by atoms with Crippen LogP contribution in [-0.2, 0) is 0 Å². The van der Waals surface area contributed by atoms with E-state index in [0.717, 1.165) is 49.5 Å². The Morgan fingerprint density at radius 2 is 1.18 bits per heavy atom. The molecule has 0 amide bonds. The monoisotopic (exact) mass is 452 g/mol. The first-order chi connectivity index (χ1) is 16.3. The van der Waals surface area contributed by atoms with Crippen molar-refractivity contribution in [3.63, 3.8) is 0 Å². The summed E-state index contributed by atoms with van der Waals surface area (Å²) in [7, 11) is 0. The Morgan fingerprint density at radius 3 is 1.76 bits per heavy atom. The largest absolute Gasteiger partial charge is 0.494 e. The average molecular weight is 453 g/mol. The van der Waals surface area contributed by atoms with Crippen molar-refractivity contribution in [2.45, 2.75) is 96.8 Å². The van der Waals surface area contributed by atoms with Crippen LogP contribution in [0.25, 0.3) is 11.4 Å². The van der Waals surface area contributed by atoms with Gasteiger partial charge in [-0.2, -0.15) is 0 Å². The number of ether oxygens (including phenoxy) is 2. The lowest BCUT2D eigenvalue weighted by Crippen LogP contribution is -1.99. The van der Waals surface area contributed by atoms with E-state index in [9.17, 15) is 0 Å². The van der Waals surface area contributed by atoms with Crippen molar-refractivity contribution < 1.29 is 9.47 Å². The van der Waals surface area contributed by atoms with Gasteiger partial charge in [0.25, 0.3) is 0 Å². The number of unbranched alkanes of at least 4 members (excludes halogenated alkanes) is 12. The van der Waals surface area contributed by atoms with Gasteiger partial charge in [-0.15, -0.1) is 6.58 Å². The fourth-order valence-electron chi connectivity index (χ4n) is 3.78. The predicted molar refractivity (Wildman–Crippen MR) is 139 cm³/mol. The molecule has 0 aliphatic heterocycles. The topological polar surface area (TPSA) is 44.2 Å². The van der Waals surface area contributed by atoms with Gasteiger partial charge < -0.3 is 9.47 Å². The molecule has 182 valence electrons. The zero-order valence-corrected chi connectivity index (χ0v) is 20.8. The normalized spacial score (nSPS) is 10.8. The zero-order chi connectivity index (χ0) is 23.4. The van der Waals surface area contributed by atoms with Gasteiger partial charge in [-0.1, -0.05) is 77.2 Å². The summed E-state index contributed by atoms with van der Waals surface area (Å²) in [4.78, 5) is 8.93. The molecule has 2 rings (SSSR count). The van der Waals surface area contributed by atoms with Crippen molar-refractivity contribution in [2.75, 3.05) is 13.2 Å². The Hall–Kier alpha value is -2.36. The average Bonchev–Trinajstić information content (AvgIpc) is 2.85. The highest BCUT2D eigenvalue weighted by molar-refractivity contribution is 5.56. The van der Waals surface area contributed by atoms with Crippen LogP contribution in [0.4, 0.5) is 0 Å². The van der Waals surface area contributed by atoms with Gasteiger partial charge in [0.05, 0.1) is 25.6 Å². The molecule has 4 nitrogen and oxygen atoms in total. The van der Waals surface area contributed by atoms with Gasteiger partial charge in [0.15, 0.2) is 11.6 Å². The summed E-state index contributed by atoms with van der Waals surface area (Å²) in [6.45, 7) is 7.52. The van der Waals surface area contributed by atoms with Crippen LogP contribution in [0.3, 0.4) is 0 Å². The van der Waals surface area contributed by atoms with Gasteiger partial charge >= 0.3 is 0 Å². The molecular formula is C29H44N2O2. The minimum absolute atomic E-state index is 0.710. The van der Waals surface area contributed by atoms with Crippen molar-refractivity contribution in [1.82, 2.24) is 9.97 Å². The lowest BCUT2D eigenvalue weighted by Gasteiger charge is -2.08.